The van der Waals surface area contributed by atoms with Gasteiger partial charge in [-0.1, -0.05) is 120 Å². The van der Waals surface area contributed by atoms with Crippen molar-refractivity contribution in [3.8, 4) is 11.1 Å². The lowest BCUT2D eigenvalue weighted by Crippen LogP contribution is -2.20. The highest BCUT2D eigenvalue weighted by molar-refractivity contribution is 5.64. The Morgan fingerprint density at radius 2 is 1.25 bits per heavy atom. The molecule has 0 N–H and O–H groups in total. The predicted molar refractivity (Wildman–Crippen MR) is 139 cm³/mol. The molecular weight excluding hydrogens is 388 g/mol. The summed E-state index contributed by atoms with van der Waals surface area (Å²) < 4.78 is 6.28. The summed E-state index contributed by atoms with van der Waals surface area (Å²) in [5, 5.41) is 0. The first-order valence-electron chi connectivity index (χ1n) is 13.6. The van der Waals surface area contributed by atoms with Gasteiger partial charge in [0.15, 0.2) is 0 Å². The van der Waals surface area contributed by atoms with Crippen LogP contribution in [0.3, 0.4) is 0 Å². The molecule has 2 unspecified atom stereocenters. The molecule has 1 fully saturated rings. The van der Waals surface area contributed by atoms with Crippen LogP contribution in [-0.2, 0) is 11.2 Å². The van der Waals surface area contributed by atoms with Crippen molar-refractivity contribution in [3.63, 3.8) is 0 Å². The summed E-state index contributed by atoms with van der Waals surface area (Å²) in [5.74, 6) is 0.775. The van der Waals surface area contributed by atoms with E-state index in [-0.39, 0.29) is 6.10 Å². The van der Waals surface area contributed by atoms with Crippen LogP contribution in [0.25, 0.3) is 11.1 Å². The number of benzene rings is 2. The van der Waals surface area contributed by atoms with Crippen LogP contribution in [0.4, 0.5) is 0 Å². The molecule has 1 nitrogen and oxygen atoms in total. The molecule has 0 spiro atoms. The fourth-order valence-electron chi connectivity index (χ4n) is 5.02. The lowest BCUT2D eigenvalue weighted by molar-refractivity contribution is -0.0198. The molecule has 3 rings (SSSR count). The lowest BCUT2D eigenvalue weighted by Gasteiger charge is -2.29. The van der Waals surface area contributed by atoms with Crippen molar-refractivity contribution >= 4 is 0 Å². The smallest absolute Gasteiger partial charge is 0.0825 e. The van der Waals surface area contributed by atoms with Gasteiger partial charge in [0.2, 0.25) is 0 Å². The molecule has 2 aromatic rings. The molecule has 1 saturated heterocycles. The summed E-state index contributed by atoms with van der Waals surface area (Å²) in [6, 6.07) is 18.3. The normalized spacial score (nSPS) is 18.7. The first kappa shape index (κ1) is 25.0. The van der Waals surface area contributed by atoms with E-state index in [4.69, 9.17) is 4.74 Å². The molecular formula is C31H46O. The van der Waals surface area contributed by atoms with E-state index in [9.17, 15) is 0 Å². The van der Waals surface area contributed by atoms with Crippen LogP contribution in [0.5, 0.6) is 0 Å². The topological polar surface area (TPSA) is 9.23 Å². The summed E-state index contributed by atoms with van der Waals surface area (Å²) in [4.78, 5) is 0. The van der Waals surface area contributed by atoms with E-state index in [1.165, 1.54) is 112 Å². The molecule has 0 amide bonds. The van der Waals surface area contributed by atoms with Crippen LogP contribution in [0, 0.1) is 5.92 Å². The number of unbranched alkanes of at least 4 members (excludes halogenated alkanes) is 8. The predicted octanol–water partition coefficient (Wildman–Crippen LogP) is 9.69. The minimum absolute atomic E-state index is 0.287. The van der Waals surface area contributed by atoms with Gasteiger partial charge >= 0.3 is 0 Å². The molecule has 2 aromatic carbocycles. The number of hydrogen-bond donors (Lipinski definition) is 0. The summed E-state index contributed by atoms with van der Waals surface area (Å²) in [5.41, 5.74) is 5.44. The van der Waals surface area contributed by atoms with Crippen molar-refractivity contribution in [2.75, 3.05) is 6.61 Å². The molecule has 1 aliphatic rings. The molecule has 0 saturated carbocycles. The zero-order valence-electron chi connectivity index (χ0n) is 20.8. The Labute approximate surface area is 198 Å². The Morgan fingerprint density at radius 3 is 1.84 bits per heavy atom. The van der Waals surface area contributed by atoms with Gasteiger partial charge in [-0.2, -0.15) is 0 Å². The molecule has 32 heavy (non-hydrogen) atoms. The van der Waals surface area contributed by atoms with Crippen LogP contribution in [0.15, 0.2) is 48.5 Å². The Balaban J connectivity index is 1.41. The largest absolute Gasteiger partial charge is 0.373 e. The van der Waals surface area contributed by atoms with E-state index in [0.29, 0.717) is 0 Å². The monoisotopic (exact) mass is 434 g/mol. The maximum absolute atomic E-state index is 6.28. The maximum Gasteiger partial charge on any atom is 0.0825 e. The second-order valence-electron chi connectivity index (χ2n) is 9.95. The van der Waals surface area contributed by atoms with E-state index in [2.05, 4.69) is 62.4 Å². The van der Waals surface area contributed by atoms with Gasteiger partial charge in [-0.15, -0.1) is 0 Å². The zero-order valence-corrected chi connectivity index (χ0v) is 20.8. The van der Waals surface area contributed by atoms with Crippen molar-refractivity contribution < 1.29 is 4.74 Å². The van der Waals surface area contributed by atoms with E-state index >= 15 is 0 Å². The third-order valence-electron chi connectivity index (χ3n) is 7.22. The van der Waals surface area contributed by atoms with Gasteiger partial charge in [0.05, 0.1) is 12.7 Å². The van der Waals surface area contributed by atoms with Crippen LogP contribution in [0.2, 0.25) is 0 Å². The summed E-state index contributed by atoms with van der Waals surface area (Å²) in [7, 11) is 0. The van der Waals surface area contributed by atoms with E-state index in [1.54, 1.807) is 0 Å². The minimum atomic E-state index is 0.287. The summed E-state index contributed by atoms with van der Waals surface area (Å²) >= 11 is 0. The van der Waals surface area contributed by atoms with Crippen molar-refractivity contribution in [1.82, 2.24) is 0 Å². The number of rotatable bonds is 14. The molecule has 0 radical (unpaired) electrons. The molecule has 0 bridgehead atoms. The molecule has 0 aromatic heterocycles. The van der Waals surface area contributed by atoms with E-state index in [1.807, 2.05) is 0 Å². The van der Waals surface area contributed by atoms with Crippen LogP contribution in [-0.4, -0.2) is 6.61 Å². The van der Waals surface area contributed by atoms with Crippen LogP contribution in [0.1, 0.15) is 115 Å². The highest BCUT2D eigenvalue weighted by atomic mass is 16.5. The van der Waals surface area contributed by atoms with Gasteiger partial charge < -0.3 is 4.74 Å². The molecule has 176 valence electrons. The average molecular weight is 435 g/mol. The summed E-state index contributed by atoms with van der Waals surface area (Å²) in [6.07, 6.45) is 19.0. The molecule has 2 atom stereocenters. The molecule has 1 heterocycles. The fourth-order valence-corrected chi connectivity index (χ4v) is 5.02. The highest BCUT2D eigenvalue weighted by Gasteiger charge is 2.22. The molecule has 1 heteroatoms. The highest BCUT2D eigenvalue weighted by Crippen LogP contribution is 2.33. The second-order valence-corrected chi connectivity index (χ2v) is 9.95. The number of hydrogen-bond acceptors (Lipinski definition) is 1. The lowest BCUT2D eigenvalue weighted by atomic mass is 9.90. The van der Waals surface area contributed by atoms with Gasteiger partial charge in [0.1, 0.15) is 0 Å². The van der Waals surface area contributed by atoms with Crippen molar-refractivity contribution in [1.29, 1.82) is 0 Å². The Kier molecular flexibility index (Phi) is 11.4. The summed E-state index contributed by atoms with van der Waals surface area (Å²) in [6.45, 7) is 5.51. The minimum Gasteiger partial charge on any atom is -0.373 e. The maximum atomic E-state index is 6.28. The number of aryl methyl sites for hydroxylation is 1. The van der Waals surface area contributed by atoms with Gasteiger partial charge in [-0.05, 0) is 60.3 Å². The van der Waals surface area contributed by atoms with Crippen molar-refractivity contribution in [3.05, 3.63) is 59.7 Å². The van der Waals surface area contributed by atoms with Gasteiger partial charge in [-0.3, -0.25) is 0 Å². The SMILES string of the molecule is CCCCCCCc1ccc(-c2ccc(C3CCC(CCCCCCC)CO3)cc2)cc1. The number of ether oxygens (including phenoxy) is 1. The molecule has 1 aliphatic heterocycles. The van der Waals surface area contributed by atoms with Crippen LogP contribution < -0.4 is 0 Å². The second kappa shape index (κ2) is 14.5. The average Bonchev–Trinajstić information content (AvgIpc) is 2.85. The standard InChI is InChI=1S/C31H46O/c1-3-5-7-9-11-13-26-15-18-28(19-16-26)29-20-22-30(23-21-29)31-24-17-27(25-32-31)14-12-10-8-6-4-2/h15-16,18-23,27,31H,3-14,17,24-25H2,1-2H3. The third kappa shape index (κ3) is 8.39. The zero-order chi connectivity index (χ0) is 22.4. The Bertz CT molecular complexity index is 722. The van der Waals surface area contributed by atoms with Crippen molar-refractivity contribution in [2.24, 2.45) is 5.92 Å². The molecule has 0 aliphatic carbocycles. The Hall–Kier alpha value is -1.60. The van der Waals surface area contributed by atoms with Crippen molar-refractivity contribution in [2.45, 2.75) is 110 Å². The van der Waals surface area contributed by atoms with Crippen LogP contribution >= 0.6 is 0 Å². The van der Waals surface area contributed by atoms with Gasteiger partial charge in [0.25, 0.3) is 0 Å². The van der Waals surface area contributed by atoms with E-state index in [0.717, 1.165) is 12.5 Å². The third-order valence-corrected chi connectivity index (χ3v) is 7.22. The first-order chi connectivity index (χ1) is 15.8. The van der Waals surface area contributed by atoms with Gasteiger partial charge in [-0.25, -0.2) is 0 Å². The van der Waals surface area contributed by atoms with E-state index < -0.39 is 0 Å². The quantitative estimate of drug-likeness (QED) is 0.269. The Morgan fingerprint density at radius 1 is 0.656 bits per heavy atom. The van der Waals surface area contributed by atoms with Gasteiger partial charge in [0, 0.05) is 0 Å². The fraction of sp³-hybridized carbons (Fsp3) is 0.613. The first-order valence-corrected chi connectivity index (χ1v) is 13.6.